The molecule has 4 aliphatic carbocycles. The SMILES string of the molecule is C=CC(=O)OC(C)(C)C12CC3CC(CC(C#N)(C3)C1)C2. The predicted octanol–water partition coefficient (Wildman–Crippen LogP) is 3.60. The summed E-state index contributed by atoms with van der Waals surface area (Å²) in [6.07, 6.45) is 7.69. The van der Waals surface area contributed by atoms with E-state index in [2.05, 4.69) is 12.6 Å². The molecule has 0 radical (unpaired) electrons. The highest BCUT2D eigenvalue weighted by molar-refractivity contribution is 5.81. The molecule has 20 heavy (non-hydrogen) atoms. The van der Waals surface area contributed by atoms with Crippen molar-refractivity contribution in [3.63, 3.8) is 0 Å². The molecule has 108 valence electrons. The number of hydrogen-bond acceptors (Lipinski definition) is 3. The quantitative estimate of drug-likeness (QED) is 0.583. The second-order valence-electron chi connectivity index (χ2n) is 7.77. The van der Waals surface area contributed by atoms with Gasteiger partial charge in [0.2, 0.25) is 0 Å². The maximum Gasteiger partial charge on any atom is 0.330 e. The predicted molar refractivity (Wildman–Crippen MR) is 75.5 cm³/mol. The van der Waals surface area contributed by atoms with Crippen LogP contribution in [0.1, 0.15) is 52.4 Å². The maximum absolute atomic E-state index is 11.7. The summed E-state index contributed by atoms with van der Waals surface area (Å²) >= 11 is 0. The summed E-state index contributed by atoms with van der Waals surface area (Å²) in [5.74, 6) is 0.923. The van der Waals surface area contributed by atoms with Gasteiger partial charge in [0, 0.05) is 11.5 Å². The van der Waals surface area contributed by atoms with Crippen molar-refractivity contribution in [3.8, 4) is 6.07 Å². The first kappa shape index (κ1) is 13.7. The van der Waals surface area contributed by atoms with Crippen molar-refractivity contribution in [1.29, 1.82) is 5.26 Å². The van der Waals surface area contributed by atoms with E-state index in [0.717, 1.165) is 32.1 Å². The molecule has 3 heteroatoms. The second-order valence-corrected chi connectivity index (χ2v) is 7.77. The second kappa shape index (κ2) is 4.10. The van der Waals surface area contributed by atoms with Crippen molar-refractivity contribution in [2.45, 2.75) is 58.0 Å². The van der Waals surface area contributed by atoms with Gasteiger partial charge in [-0.05, 0) is 64.2 Å². The van der Waals surface area contributed by atoms with Crippen molar-refractivity contribution >= 4 is 5.97 Å². The maximum atomic E-state index is 11.7. The van der Waals surface area contributed by atoms with Crippen LogP contribution < -0.4 is 0 Å². The fourth-order valence-corrected chi connectivity index (χ4v) is 5.50. The van der Waals surface area contributed by atoms with Gasteiger partial charge in [0.15, 0.2) is 0 Å². The highest BCUT2D eigenvalue weighted by atomic mass is 16.6. The number of carbonyl (C=O) groups excluding carboxylic acids is 1. The summed E-state index contributed by atoms with van der Waals surface area (Å²) in [5, 5.41) is 9.67. The van der Waals surface area contributed by atoms with Crippen LogP contribution in [-0.2, 0) is 9.53 Å². The molecule has 4 aliphatic rings. The molecule has 3 nitrogen and oxygen atoms in total. The molecule has 4 fully saturated rings. The highest BCUT2D eigenvalue weighted by Gasteiger charge is 2.63. The zero-order valence-corrected chi connectivity index (χ0v) is 12.4. The van der Waals surface area contributed by atoms with Gasteiger partial charge in [0.1, 0.15) is 5.60 Å². The van der Waals surface area contributed by atoms with Crippen LogP contribution in [0, 0.1) is 34.0 Å². The third-order valence-corrected chi connectivity index (χ3v) is 6.10. The van der Waals surface area contributed by atoms with E-state index in [1.807, 2.05) is 13.8 Å². The van der Waals surface area contributed by atoms with Gasteiger partial charge in [-0.25, -0.2) is 4.79 Å². The molecular weight excluding hydrogens is 250 g/mol. The zero-order valence-electron chi connectivity index (χ0n) is 12.4. The summed E-state index contributed by atoms with van der Waals surface area (Å²) in [6.45, 7) is 7.53. The third kappa shape index (κ3) is 1.81. The number of nitrogens with zero attached hydrogens (tertiary/aromatic N) is 1. The van der Waals surface area contributed by atoms with Crippen LogP contribution in [0.2, 0.25) is 0 Å². The van der Waals surface area contributed by atoms with Crippen LogP contribution in [0.15, 0.2) is 12.7 Å². The number of nitriles is 1. The van der Waals surface area contributed by atoms with Crippen molar-refractivity contribution in [1.82, 2.24) is 0 Å². The Bertz CT molecular complexity index is 486. The van der Waals surface area contributed by atoms with Gasteiger partial charge in [-0.1, -0.05) is 6.58 Å². The average molecular weight is 273 g/mol. The number of hydrogen-bond donors (Lipinski definition) is 0. The topological polar surface area (TPSA) is 50.1 Å². The van der Waals surface area contributed by atoms with E-state index in [1.54, 1.807) is 0 Å². The molecule has 4 rings (SSSR count). The fraction of sp³-hybridized carbons (Fsp3) is 0.765. The Morgan fingerprint density at radius 2 is 1.95 bits per heavy atom. The normalized spacial score (nSPS) is 42.0. The highest BCUT2D eigenvalue weighted by Crippen LogP contribution is 2.68. The lowest BCUT2D eigenvalue weighted by Gasteiger charge is -2.63. The van der Waals surface area contributed by atoms with E-state index in [4.69, 9.17) is 4.74 Å². The molecule has 4 bridgehead atoms. The lowest BCUT2D eigenvalue weighted by molar-refractivity contribution is -0.202. The van der Waals surface area contributed by atoms with Gasteiger partial charge in [-0.15, -0.1) is 0 Å². The van der Waals surface area contributed by atoms with Gasteiger partial charge < -0.3 is 4.74 Å². The third-order valence-electron chi connectivity index (χ3n) is 6.10. The van der Waals surface area contributed by atoms with Crippen LogP contribution in [0.25, 0.3) is 0 Å². The zero-order chi connectivity index (χ0) is 14.6. The smallest absolute Gasteiger partial charge is 0.330 e. The first-order chi connectivity index (χ1) is 9.34. The van der Waals surface area contributed by atoms with Crippen molar-refractivity contribution in [3.05, 3.63) is 12.7 Å². The molecule has 0 heterocycles. The standard InChI is InChI=1S/C17H23NO2/c1-4-14(19)20-15(2,3)17-8-12-5-13(9-17)7-16(6-12,10-17)11-18/h4,12-13H,1,5-10H2,2-3H3. The first-order valence-electron chi connectivity index (χ1n) is 7.60. The number of rotatable bonds is 3. The summed E-state index contributed by atoms with van der Waals surface area (Å²) in [5.41, 5.74) is -0.703. The summed E-state index contributed by atoms with van der Waals surface area (Å²) in [6, 6.07) is 2.61. The monoisotopic (exact) mass is 273 g/mol. The van der Waals surface area contributed by atoms with E-state index in [0.29, 0.717) is 11.8 Å². The van der Waals surface area contributed by atoms with Crippen molar-refractivity contribution < 1.29 is 9.53 Å². The lowest BCUT2D eigenvalue weighted by Crippen LogP contribution is -2.60. The molecule has 0 aromatic heterocycles. The molecule has 0 amide bonds. The minimum Gasteiger partial charge on any atom is -0.456 e. The Morgan fingerprint density at radius 3 is 2.45 bits per heavy atom. The number of esters is 1. The van der Waals surface area contributed by atoms with Crippen LogP contribution in [-0.4, -0.2) is 11.6 Å². The summed E-state index contributed by atoms with van der Waals surface area (Å²) in [4.78, 5) is 11.7. The van der Waals surface area contributed by atoms with Crippen LogP contribution in [0.5, 0.6) is 0 Å². The molecule has 2 unspecified atom stereocenters. The molecule has 2 atom stereocenters. The Hall–Kier alpha value is -1.30. The molecular formula is C17H23NO2. The van der Waals surface area contributed by atoms with E-state index >= 15 is 0 Å². The molecule has 0 saturated heterocycles. The molecule has 4 saturated carbocycles. The van der Waals surface area contributed by atoms with E-state index in [1.165, 1.54) is 12.5 Å². The van der Waals surface area contributed by atoms with Gasteiger partial charge in [0.25, 0.3) is 0 Å². The van der Waals surface area contributed by atoms with Crippen LogP contribution >= 0.6 is 0 Å². The Morgan fingerprint density at radius 1 is 1.35 bits per heavy atom. The molecule has 0 aromatic rings. The molecule has 0 aromatic carbocycles. The Labute approximate surface area is 121 Å². The summed E-state index contributed by atoms with van der Waals surface area (Å²) in [7, 11) is 0. The Balaban J connectivity index is 1.94. The van der Waals surface area contributed by atoms with Crippen molar-refractivity contribution in [2.75, 3.05) is 0 Å². The Kier molecular flexibility index (Phi) is 2.80. The first-order valence-corrected chi connectivity index (χ1v) is 7.60. The van der Waals surface area contributed by atoms with E-state index in [-0.39, 0.29) is 16.8 Å². The van der Waals surface area contributed by atoms with E-state index in [9.17, 15) is 10.1 Å². The molecule has 0 N–H and O–H groups in total. The van der Waals surface area contributed by atoms with E-state index < -0.39 is 5.60 Å². The van der Waals surface area contributed by atoms with Gasteiger partial charge >= 0.3 is 5.97 Å². The van der Waals surface area contributed by atoms with Gasteiger partial charge in [-0.3, -0.25) is 0 Å². The average Bonchev–Trinajstić information content (AvgIpc) is 2.36. The minimum atomic E-state index is -0.516. The minimum absolute atomic E-state index is 0.0223. The fourth-order valence-electron chi connectivity index (χ4n) is 5.50. The van der Waals surface area contributed by atoms with Gasteiger partial charge in [-0.2, -0.15) is 5.26 Å². The molecule has 0 spiro atoms. The molecule has 0 aliphatic heterocycles. The lowest BCUT2D eigenvalue weighted by atomic mass is 9.41. The largest absolute Gasteiger partial charge is 0.456 e. The van der Waals surface area contributed by atoms with Crippen molar-refractivity contribution in [2.24, 2.45) is 22.7 Å². The number of ether oxygens (including phenoxy) is 1. The number of carbonyl (C=O) groups is 1. The van der Waals surface area contributed by atoms with Crippen LogP contribution in [0.4, 0.5) is 0 Å². The van der Waals surface area contributed by atoms with Crippen LogP contribution in [0.3, 0.4) is 0 Å². The van der Waals surface area contributed by atoms with Gasteiger partial charge in [0.05, 0.1) is 11.5 Å². The summed E-state index contributed by atoms with van der Waals surface area (Å²) < 4.78 is 5.69.